The fourth-order valence-corrected chi connectivity index (χ4v) is 13.6. The Hall–Kier alpha value is -9.65. The molecule has 4 aromatic heterocycles. The number of aromatic amines is 1. The van der Waals surface area contributed by atoms with Crippen LogP contribution in [0.2, 0.25) is 0 Å². The predicted octanol–water partition coefficient (Wildman–Crippen LogP) is 14.8. The molecule has 3 aliphatic heterocycles. The van der Waals surface area contributed by atoms with Gasteiger partial charge in [0.25, 0.3) is 0 Å². The molecule has 7 heterocycles. The number of hydrogen-bond donors (Lipinski definition) is 1. The van der Waals surface area contributed by atoms with E-state index in [0.29, 0.717) is 0 Å². The lowest BCUT2D eigenvalue weighted by atomic mass is 9.45. The zero-order chi connectivity index (χ0) is 47.9. The van der Waals surface area contributed by atoms with Crippen LogP contribution >= 0.6 is 0 Å². The van der Waals surface area contributed by atoms with E-state index in [1.807, 2.05) is 6.07 Å². The van der Waals surface area contributed by atoms with Crippen molar-refractivity contribution < 1.29 is 8.83 Å². The molecule has 3 aliphatic rings. The largest absolute Gasteiger partial charge is 0.456 e. The maximum Gasteiger partial charge on any atom is 0.333 e. The summed E-state index contributed by atoms with van der Waals surface area (Å²) in [6.45, 7) is -0.163. The lowest BCUT2D eigenvalue weighted by molar-refractivity contribution is 0.668. The number of nitrogens with zero attached hydrogens (tertiary/aromatic N) is 3. The number of aromatic nitrogens is 2. The van der Waals surface area contributed by atoms with E-state index in [1.165, 1.54) is 71.4 Å². The Labute approximate surface area is 424 Å². The zero-order valence-electron chi connectivity index (χ0n) is 39.6. The molecule has 1 radical (unpaired) electrons. The number of furan rings is 2. The van der Waals surface area contributed by atoms with E-state index in [2.05, 4.69) is 239 Å². The van der Waals surface area contributed by atoms with Gasteiger partial charge in [-0.25, -0.2) is 0 Å². The molecular formula is C66H37B2N4O2. The van der Waals surface area contributed by atoms with Crippen molar-refractivity contribution in [3.05, 3.63) is 218 Å². The Morgan fingerprint density at radius 3 is 1.76 bits per heavy atom. The van der Waals surface area contributed by atoms with Crippen molar-refractivity contribution in [1.82, 2.24) is 9.46 Å². The number of benzene rings is 11. The maximum atomic E-state index is 6.70. The Bertz CT molecular complexity index is 4970. The third-order valence-corrected chi connectivity index (χ3v) is 16.5. The van der Waals surface area contributed by atoms with Gasteiger partial charge in [-0.05, 0) is 88.2 Å². The topological polar surface area (TPSA) is 53.5 Å². The highest BCUT2D eigenvalue weighted by atomic mass is 16.3. The van der Waals surface area contributed by atoms with Gasteiger partial charge in [0.1, 0.15) is 22.3 Å². The zero-order valence-corrected chi connectivity index (χ0v) is 39.6. The minimum Gasteiger partial charge on any atom is -0.456 e. The third kappa shape index (κ3) is 4.92. The highest BCUT2D eigenvalue weighted by Gasteiger charge is 2.45. The van der Waals surface area contributed by atoms with Crippen LogP contribution in [0.5, 0.6) is 0 Å². The van der Waals surface area contributed by atoms with Crippen molar-refractivity contribution in [2.75, 3.05) is 9.80 Å². The first kappa shape index (κ1) is 39.0. The summed E-state index contributed by atoms with van der Waals surface area (Å²) >= 11 is 0. The van der Waals surface area contributed by atoms with E-state index in [-0.39, 0.29) is 6.85 Å². The van der Waals surface area contributed by atoms with Crippen LogP contribution in [0.4, 0.5) is 34.1 Å². The Morgan fingerprint density at radius 1 is 0.419 bits per heavy atom. The van der Waals surface area contributed by atoms with E-state index >= 15 is 0 Å². The first-order valence-electron chi connectivity index (χ1n) is 25.4. The summed E-state index contributed by atoms with van der Waals surface area (Å²) in [6.07, 6.45) is 0. The van der Waals surface area contributed by atoms with Crippen molar-refractivity contribution in [3.63, 3.8) is 0 Å². The summed E-state index contributed by atoms with van der Waals surface area (Å²) in [6, 6.07) is 79.6. The Morgan fingerprint density at radius 2 is 1.01 bits per heavy atom. The van der Waals surface area contributed by atoms with Crippen LogP contribution in [-0.4, -0.2) is 23.6 Å². The van der Waals surface area contributed by atoms with Crippen LogP contribution in [0.15, 0.2) is 227 Å². The fraction of sp³-hybridized carbons (Fsp3) is 0. The van der Waals surface area contributed by atoms with Gasteiger partial charge in [0, 0.05) is 117 Å². The number of fused-ring (bicyclic) bond motifs is 19. The second-order valence-corrected chi connectivity index (χ2v) is 20.2. The number of para-hydroxylation sites is 6. The second kappa shape index (κ2) is 14.1. The Kier molecular flexibility index (Phi) is 7.41. The Balaban J connectivity index is 0.997. The molecule has 0 bridgehead atoms. The second-order valence-electron chi connectivity index (χ2n) is 20.2. The quantitative estimate of drug-likeness (QED) is 0.179. The van der Waals surface area contributed by atoms with Crippen LogP contribution in [0.1, 0.15) is 0 Å². The van der Waals surface area contributed by atoms with Crippen LogP contribution in [0.25, 0.3) is 110 Å². The average molecular weight is 940 g/mol. The lowest BCUT2D eigenvalue weighted by Crippen LogP contribution is -2.56. The molecule has 0 saturated carbocycles. The molecule has 0 atom stereocenters. The highest BCUT2D eigenvalue weighted by Crippen LogP contribution is 2.54. The normalized spacial score (nSPS) is 13.4. The van der Waals surface area contributed by atoms with Gasteiger partial charge >= 0.3 is 6.85 Å². The lowest BCUT2D eigenvalue weighted by Gasteiger charge is -2.40. The highest BCUT2D eigenvalue weighted by molar-refractivity contribution is 6.90. The van der Waals surface area contributed by atoms with Gasteiger partial charge in [0.05, 0.1) is 5.52 Å². The number of rotatable bonds is 3. The van der Waals surface area contributed by atoms with Crippen LogP contribution < -0.4 is 31.7 Å². The van der Waals surface area contributed by atoms with Crippen molar-refractivity contribution in [2.24, 2.45) is 0 Å². The van der Waals surface area contributed by atoms with Crippen LogP contribution in [-0.2, 0) is 0 Å². The van der Waals surface area contributed by atoms with Gasteiger partial charge in [-0.15, -0.1) is 0 Å². The van der Waals surface area contributed by atoms with E-state index < -0.39 is 0 Å². The van der Waals surface area contributed by atoms with Gasteiger partial charge in [-0.2, -0.15) is 0 Å². The van der Waals surface area contributed by atoms with E-state index in [1.54, 1.807) is 0 Å². The van der Waals surface area contributed by atoms with Crippen molar-refractivity contribution >= 4 is 158 Å². The molecule has 0 spiro atoms. The molecule has 0 fully saturated rings. The number of H-pyrrole nitrogens is 1. The molecule has 0 amide bonds. The van der Waals surface area contributed by atoms with Crippen molar-refractivity contribution in [1.29, 1.82) is 0 Å². The first-order valence-corrected chi connectivity index (χ1v) is 25.4. The molecule has 1 N–H and O–H groups in total. The number of hydrogen-bond acceptors (Lipinski definition) is 4. The molecule has 339 valence electrons. The molecule has 0 aliphatic carbocycles. The monoisotopic (exact) mass is 939 g/mol. The third-order valence-electron chi connectivity index (χ3n) is 16.5. The van der Waals surface area contributed by atoms with E-state index in [9.17, 15) is 0 Å². The van der Waals surface area contributed by atoms with E-state index in [4.69, 9.17) is 8.83 Å². The number of nitrogens with one attached hydrogen (secondary N) is 1. The van der Waals surface area contributed by atoms with Crippen LogP contribution in [0.3, 0.4) is 0 Å². The van der Waals surface area contributed by atoms with Gasteiger partial charge in [-0.1, -0.05) is 151 Å². The molecule has 8 heteroatoms. The minimum absolute atomic E-state index is 0.163. The summed E-state index contributed by atoms with van der Waals surface area (Å²) < 4.78 is 16.0. The summed E-state index contributed by atoms with van der Waals surface area (Å²) in [5.74, 6) is 0. The summed E-state index contributed by atoms with van der Waals surface area (Å²) in [7, 11) is 2.43. The van der Waals surface area contributed by atoms with Gasteiger partial charge in [-0.3, -0.25) is 0 Å². The van der Waals surface area contributed by atoms with Gasteiger partial charge in [0.15, 0.2) is 7.28 Å². The van der Waals surface area contributed by atoms with Crippen molar-refractivity contribution in [3.8, 4) is 22.3 Å². The van der Waals surface area contributed by atoms with Crippen LogP contribution in [0, 0.1) is 0 Å². The molecular weight excluding hydrogens is 902 g/mol. The standard InChI is InChI=1S/C66H37B2N4O2/c1-3-17-37(18-4-1)70-51-29-15-25-43(63(51)67-47-33-45-39-21-9-13-31-55(39)73-57(45)35-53(47)70)60-61-42-24-8-12-28-50(42)72-66(61)62(59-41-23-7-11-27-49(41)69-65(59)60)44-26-16-30-52-64(44)68(72)48-34-46-40-22-10-14-32-56(40)74-58(46)36-54(48)71(52)38-19-5-2-6-20-38/h1-36,69H. The van der Waals surface area contributed by atoms with Crippen molar-refractivity contribution in [2.45, 2.75) is 0 Å². The minimum atomic E-state index is -0.163. The molecule has 18 rings (SSSR count). The van der Waals surface area contributed by atoms with Gasteiger partial charge < -0.3 is 28.1 Å². The fourth-order valence-electron chi connectivity index (χ4n) is 13.6. The number of anilines is 6. The molecule has 0 saturated heterocycles. The maximum absolute atomic E-state index is 6.70. The average Bonchev–Trinajstić information content (AvgIpc) is 4.27. The van der Waals surface area contributed by atoms with Gasteiger partial charge in [0.2, 0.25) is 0 Å². The molecule has 6 nitrogen and oxygen atoms in total. The van der Waals surface area contributed by atoms with E-state index in [0.717, 1.165) is 94.3 Å². The molecule has 15 aromatic rings. The summed E-state index contributed by atoms with van der Waals surface area (Å²) in [5, 5.41) is 9.35. The smallest absolute Gasteiger partial charge is 0.333 e. The SMILES string of the molecule is [B]1c2cc3c(cc2N(c2ccccc2)c2cccc(-c4c5[nH]c6ccccc6c5c5c6c4c4ccccc4n6B4c6cc7c(cc6N(c6ccccc6)c6cccc-5c64)oc4ccccc47)c21)oc1ccccc13. The molecule has 0 unspecified atom stereocenters. The summed E-state index contributed by atoms with van der Waals surface area (Å²) in [4.78, 5) is 9.01. The first-order chi connectivity index (χ1) is 36.7. The predicted molar refractivity (Wildman–Crippen MR) is 309 cm³/mol. The molecule has 74 heavy (non-hydrogen) atoms. The molecule has 11 aromatic carbocycles. The summed E-state index contributed by atoms with van der Waals surface area (Å²) in [5.41, 5.74) is 24.6.